The second kappa shape index (κ2) is 10.2. The predicted molar refractivity (Wildman–Crippen MR) is 84.3 cm³/mol. The first-order valence-corrected chi connectivity index (χ1v) is 8.55. The highest BCUT2D eigenvalue weighted by molar-refractivity contribution is 8.76. The minimum absolute atomic E-state index is 0.271. The van der Waals surface area contributed by atoms with E-state index in [0.717, 1.165) is 5.75 Å². The van der Waals surface area contributed by atoms with Crippen LogP contribution in [0.2, 0.25) is 0 Å². The van der Waals surface area contributed by atoms with Crippen molar-refractivity contribution in [3.63, 3.8) is 0 Å². The third-order valence-corrected chi connectivity index (χ3v) is 4.50. The maximum absolute atomic E-state index is 5.56. The molecule has 104 valence electrons. The first-order chi connectivity index (χ1) is 9.22. The maximum Gasteiger partial charge on any atom is 0.107 e. The Morgan fingerprint density at radius 2 is 2.00 bits per heavy atom. The molecule has 0 aliphatic heterocycles. The Balaban J connectivity index is 2.19. The monoisotopic (exact) mass is 296 g/mol. The second-order valence-corrected chi connectivity index (χ2v) is 6.65. The van der Waals surface area contributed by atoms with E-state index >= 15 is 0 Å². The summed E-state index contributed by atoms with van der Waals surface area (Å²) in [4.78, 5) is 1.25. The Kier molecular flexibility index (Phi) is 8.85. The van der Waals surface area contributed by atoms with Gasteiger partial charge in [-0.2, -0.15) is 0 Å². The summed E-state index contributed by atoms with van der Waals surface area (Å²) in [6.45, 7) is 5.86. The van der Waals surface area contributed by atoms with Gasteiger partial charge in [0, 0.05) is 10.6 Å². The normalized spacial score (nSPS) is 10.6. The molecule has 0 aliphatic carbocycles. The van der Waals surface area contributed by atoms with Crippen molar-refractivity contribution >= 4 is 21.6 Å². The molecule has 0 N–H and O–H groups in total. The van der Waals surface area contributed by atoms with Crippen LogP contribution in [0.3, 0.4) is 0 Å². The van der Waals surface area contributed by atoms with Crippen LogP contribution in [0.25, 0.3) is 0 Å². The molecule has 0 spiro atoms. The first kappa shape index (κ1) is 16.5. The van der Waals surface area contributed by atoms with Gasteiger partial charge in [-0.3, -0.25) is 0 Å². The molecule has 0 heterocycles. The molecule has 0 atom stereocenters. The number of benzene rings is 1. The number of terminal acetylenes is 1. The van der Waals surface area contributed by atoms with Crippen LogP contribution in [-0.4, -0.2) is 25.1 Å². The summed E-state index contributed by atoms with van der Waals surface area (Å²) in [5, 5.41) is 0. The molecule has 0 aromatic heterocycles. The molecule has 0 fully saturated rings. The number of hydrogen-bond acceptors (Lipinski definition) is 4. The third kappa shape index (κ3) is 8.22. The van der Waals surface area contributed by atoms with E-state index in [4.69, 9.17) is 15.9 Å². The molecular formula is C15H20O2S2. The van der Waals surface area contributed by atoms with Gasteiger partial charge < -0.3 is 9.47 Å². The van der Waals surface area contributed by atoms with E-state index in [1.54, 1.807) is 21.6 Å². The summed E-state index contributed by atoms with van der Waals surface area (Å²) in [5.41, 5.74) is 1.21. The molecule has 1 rings (SSSR count). The maximum atomic E-state index is 5.56. The lowest BCUT2D eigenvalue weighted by Gasteiger charge is -2.08. The van der Waals surface area contributed by atoms with Crippen molar-refractivity contribution in [2.75, 3.05) is 19.0 Å². The molecule has 0 unspecified atom stereocenters. The van der Waals surface area contributed by atoms with Gasteiger partial charge in [-0.25, -0.2) is 0 Å². The summed E-state index contributed by atoms with van der Waals surface area (Å²) >= 11 is 0. The van der Waals surface area contributed by atoms with Crippen molar-refractivity contribution < 1.29 is 9.47 Å². The van der Waals surface area contributed by atoms with Crippen molar-refractivity contribution in [2.24, 2.45) is 0 Å². The minimum Gasteiger partial charge on any atom is -0.374 e. The highest BCUT2D eigenvalue weighted by atomic mass is 33.1. The van der Waals surface area contributed by atoms with Gasteiger partial charge in [-0.15, -0.1) is 6.42 Å². The Labute approximate surface area is 124 Å². The Bertz CT molecular complexity index is 382. The Hall–Kier alpha value is -0.600. The number of ether oxygens (including phenoxy) is 2. The summed E-state index contributed by atoms with van der Waals surface area (Å²) in [5.74, 6) is 3.39. The van der Waals surface area contributed by atoms with Gasteiger partial charge in [0.15, 0.2) is 0 Å². The van der Waals surface area contributed by atoms with Crippen LogP contribution < -0.4 is 0 Å². The molecule has 0 saturated carbocycles. The predicted octanol–water partition coefficient (Wildman–Crippen LogP) is 4.00. The van der Waals surface area contributed by atoms with Gasteiger partial charge in [0.1, 0.15) is 6.61 Å². The zero-order valence-electron chi connectivity index (χ0n) is 11.4. The van der Waals surface area contributed by atoms with Gasteiger partial charge in [0.2, 0.25) is 0 Å². The van der Waals surface area contributed by atoms with Crippen molar-refractivity contribution in [1.82, 2.24) is 0 Å². The topological polar surface area (TPSA) is 18.5 Å². The summed E-state index contributed by atoms with van der Waals surface area (Å²) < 4.78 is 10.8. The van der Waals surface area contributed by atoms with Crippen molar-refractivity contribution in [3.05, 3.63) is 29.8 Å². The van der Waals surface area contributed by atoms with E-state index in [1.165, 1.54) is 10.5 Å². The van der Waals surface area contributed by atoms with E-state index in [2.05, 4.69) is 30.2 Å². The summed E-state index contributed by atoms with van der Waals surface area (Å²) in [7, 11) is 3.53. The van der Waals surface area contributed by atoms with Gasteiger partial charge in [0.25, 0.3) is 0 Å². The zero-order chi connectivity index (χ0) is 13.9. The number of rotatable bonds is 9. The van der Waals surface area contributed by atoms with Crippen LogP contribution in [0.5, 0.6) is 0 Å². The molecular weight excluding hydrogens is 276 g/mol. The van der Waals surface area contributed by atoms with Crippen molar-refractivity contribution in [2.45, 2.75) is 31.5 Å². The van der Waals surface area contributed by atoms with Gasteiger partial charge in [-0.05, 0) is 31.5 Å². The fourth-order valence-electron chi connectivity index (χ4n) is 1.24. The fraction of sp³-hybridized carbons (Fsp3) is 0.467. The molecule has 0 aliphatic rings. The minimum atomic E-state index is 0.271. The molecule has 1 aromatic rings. The van der Waals surface area contributed by atoms with Gasteiger partial charge in [-0.1, -0.05) is 39.6 Å². The molecule has 0 saturated heterocycles. The van der Waals surface area contributed by atoms with E-state index in [1.807, 2.05) is 13.8 Å². The number of hydrogen-bond donors (Lipinski definition) is 0. The van der Waals surface area contributed by atoms with Gasteiger partial charge >= 0.3 is 0 Å². The highest BCUT2D eigenvalue weighted by Crippen LogP contribution is 2.30. The summed E-state index contributed by atoms with van der Waals surface area (Å²) in [6, 6.07) is 8.47. The van der Waals surface area contributed by atoms with Crippen molar-refractivity contribution in [3.8, 4) is 12.3 Å². The van der Waals surface area contributed by atoms with Crippen LogP contribution in [0, 0.1) is 12.3 Å². The van der Waals surface area contributed by atoms with E-state index in [9.17, 15) is 0 Å². The molecule has 0 bridgehead atoms. The molecule has 0 amide bonds. The summed E-state index contributed by atoms with van der Waals surface area (Å²) in [6.07, 6.45) is 5.37. The smallest absolute Gasteiger partial charge is 0.107 e. The average Bonchev–Trinajstić information content (AvgIpc) is 2.41. The van der Waals surface area contributed by atoms with Crippen LogP contribution in [-0.2, 0) is 16.1 Å². The lowest BCUT2D eigenvalue weighted by Crippen LogP contribution is -2.01. The Morgan fingerprint density at radius 3 is 2.63 bits per heavy atom. The SMILES string of the molecule is C#CCOCCSSc1ccc(COC(C)C)cc1. The van der Waals surface area contributed by atoms with Crippen LogP contribution in [0.4, 0.5) is 0 Å². The van der Waals surface area contributed by atoms with E-state index < -0.39 is 0 Å². The third-order valence-electron chi connectivity index (χ3n) is 2.16. The lowest BCUT2D eigenvalue weighted by molar-refractivity contribution is 0.0657. The first-order valence-electron chi connectivity index (χ1n) is 6.23. The molecule has 0 radical (unpaired) electrons. The molecule has 4 heteroatoms. The van der Waals surface area contributed by atoms with Crippen LogP contribution in [0.1, 0.15) is 19.4 Å². The zero-order valence-corrected chi connectivity index (χ0v) is 13.1. The Morgan fingerprint density at radius 1 is 1.26 bits per heavy atom. The molecule has 19 heavy (non-hydrogen) atoms. The molecule has 2 nitrogen and oxygen atoms in total. The quantitative estimate of drug-likeness (QED) is 0.389. The second-order valence-electron chi connectivity index (χ2n) is 4.17. The van der Waals surface area contributed by atoms with E-state index in [-0.39, 0.29) is 6.10 Å². The molecule has 1 aromatic carbocycles. The van der Waals surface area contributed by atoms with Gasteiger partial charge in [0.05, 0.1) is 19.3 Å². The van der Waals surface area contributed by atoms with Crippen LogP contribution >= 0.6 is 21.6 Å². The lowest BCUT2D eigenvalue weighted by atomic mass is 10.2. The van der Waals surface area contributed by atoms with Crippen LogP contribution in [0.15, 0.2) is 29.2 Å². The standard InChI is InChI=1S/C15H20O2S2/c1-4-9-16-10-11-18-19-15-7-5-14(6-8-15)12-17-13(2)3/h1,5-8,13H,9-12H2,2-3H3. The van der Waals surface area contributed by atoms with E-state index in [0.29, 0.717) is 19.8 Å². The largest absolute Gasteiger partial charge is 0.374 e. The van der Waals surface area contributed by atoms with Crippen molar-refractivity contribution in [1.29, 1.82) is 0 Å². The highest BCUT2D eigenvalue weighted by Gasteiger charge is 1.98. The fourth-order valence-corrected chi connectivity index (χ4v) is 3.09. The average molecular weight is 296 g/mol.